The van der Waals surface area contributed by atoms with E-state index >= 15 is 0 Å². The van der Waals surface area contributed by atoms with Gasteiger partial charge >= 0.3 is 0 Å². The highest BCUT2D eigenvalue weighted by atomic mass is 35.5. The predicted molar refractivity (Wildman–Crippen MR) is 66.8 cm³/mol. The Kier molecular flexibility index (Phi) is 5.06. The van der Waals surface area contributed by atoms with Crippen LogP contribution in [0.2, 0.25) is 0 Å². The molecule has 0 aromatic carbocycles. The number of nitrogens with zero attached hydrogens (tertiary/aromatic N) is 1. The first kappa shape index (κ1) is 13.0. The Hall–Kier alpha value is -0.0900. The SMILES string of the molecule is Cc1ccsc1CN1CCC(O)CC1.Cl. The Morgan fingerprint density at radius 1 is 1.47 bits per heavy atom. The van der Waals surface area contributed by atoms with Crippen molar-refractivity contribution in [1.29, 1.82) is 0 Å². The van der Waals surface area contributed by atoms with Crippen molar-refractivity contribution in [2.45, 2.75) is 32.4 Å². The van der Waals surface area contributed by atoms with E-state index in [9.17, 15) is 5.11 Å². The van der Waals surface area contributed by atoms with Gasteiger partial charge < -0.3 is 5.11 Å². The summed E-state index contributed by atoms with van der Waals surface area (Å²) in [5.74, 6) is 0. The van der Waals surface area contributed by atoms with Crippen LogP contribution in [-0.4, -0.2) is 29.2 Å². The van der Waals surface area contributed by atoms with E-state index in [4.69, 9.17) is 0 Å². The molecule has 1 aliphatic heterocycles. The van der Waals surface area contributed by atoms with E-state index in [2.05, 4.69) is 23.3 Å². The fourth-order valence-corrected chi connectivity index (χ4v) is 2.79. The van der Waals surface area contributed by atoms with Crippen LogP contribution in [0.15, 0.2) is 11.4 Å². The maximum atomic E-state index is 9.38. The van der Waals surface area contributed by atoms with Gasteiger partial charge in [-0.3, -0.25) is 4.90 Å². The Bertz CT molecular complexity index is 295. The minimum absolute atomic E-state index is 0. The maximum Gasteiger partial charge on any atom is 0.0564 e. The average Bonchev–Trinajstić information content (AvgIpc) is 2.56. The lowest BCUT2D eigenvalue weighted by Crippen LogP contribution is -2.35. The summed E-state index contributed by atoms with van der Waals surface area (Å²) in [5.41, 5.74) is 1.40. The second kappa shape index (κ2) is 5.85. The van der Waals surface area contributed by atoms with Crippen molar-refractivity contribution in [2.24, 2.45) is 0 Å². The lowest BCUT2D eigenvalue weighted by molar-refractivity contribution is 0.0796. The Labute approximate surface area is 101 Å². The minimum atomic E-state index is -0.0596. The predicted octanol–water partition coefficient (Wildman–Crippen LogP) is 2.44. The molecule has 1 aromatic heterocycles. The molecule has 0 radical (unpaired) electrons. The van der Waals surface area contributed by atoms with Gasteiger partial charge in [-0.15, -0.1) is 23.7 Å². The van der Waals surface area contributed by atoms with E-state index in [-0.39, 0.29) is 18.5 Å². The third kappa shape index (κ3) is 3.45. The van der Waals surface area contributed by atoms with Gasteiger partial charge in [0, 0.05) is 24.5 Å². The molecule has 0 bridgehead atoms. The van der Waals surface area contributed by atoms with Gasteiger partial charge in [0.15, 0.2) is 0 Å². The third-order valence-corrected chi connectivity index (χ3v) is 3.90. The normalized spacial score (nSPS) is 18.8. The summed E-state index contributed by atoms with van der Waals surface area (Å²) in [6.07, 6.45) is 1.81. The van der Waals surface area contributed by atoms with Crippen molar-refractivity contribution >= 4 is 23.7 Å². The summed E-state index contributed by atoms with van der Waals surface area (Å²) in [5, 5.41) is 11.5. The summed E-state index contributed by atoms with van der Waals surface area (Å²) >= 11 is 1.84. The molecule has 0 atom stereocenters. The molecule has 0 unspecified atom stereocenters. The van der Waals surface area contributed by atoms with Gasteiger partial charge in [-0.2, -0.15) is 0 Å². The second-order valence-electron chi connectivity index (χ2n) is 4.03. The molecule has 4 heteroatoms. The van der Waals surface area contributed by atoms with Crippen molar-refractivity contribution in [3.8, 4) is 0 Å². The van der Waals surface area contributed by atoms with Crippen LogP contribution in [0.5, 0.6) is 0 Å². The number of hydrogen-bond acceptors (Lipinski definition) is 3. The quantitative estimate of drug-likeness (QED) is 0.868. The summed E-state index contributed by atoms with van der Waals surface area (Å²) < 4.78 is 0. The molecule has 0 amide bonds. The minimum Gasteiger partial charge on any atom is -0.393 e. The first-order chi connectivity index (χ1) is 6.75. The van der Waals surface area contributed by atoms with Crippen LogP contribution in [0, 0.1) is 6.92 Å². The van der Waals surface area contributed by atoms with Crippen LogP contribution in [0.3, 0.4) is 0 Å². The molecule has 0 saturated carbocycles. The molecule has 15 heavy (non-hydrogen) atoms. The van der Waals surface area contributed by atoms with Crippen molar-refractivity contribution in [2.75, 3.05) is 13.1 Å². The Balaban J connectivity index is 0.00000112. The van der Waals surface area contributed by atoms with E-state index in [1.54, 1.807) is 0 Å². The van der Waals surface area contributed by atoms with Gasteiger partial charge in [0.25, 0.3) is 0 Å². The number of hydrogen-bond donors (Lipinski definition) is 1. The van der Waals surface area contributed by atoms with Crippen molar-refractivity contribution in [3.63, 3.8) is 0 Å². The molecule has 86 valence electrons. The van der Waals surface area contributed by atoms with E-state index in [1.807, 2.05) is 11.3 Å². The molecule has 1 aliphatic rings. The fourth-order valence-electron chi connectivity index (χ4n) is 1.85. The van der Waals surface area contributed by atoms with Crippen molar-refractivity contribution in [3.05, 3.63) is 21.9 Å². The van der Waals surface area contributed by atoms with E-state index in [1.165, 1.54) is 10.4 Å². The zero-order chi connectivity index (χ0) is 9.97. The Morgan fingerprint density at radius 3 is 2.67 bits per heavy atom. The maximum absolute atomic E-state index is 9.38. The number of rotatable bonds is 2. The number of likely N-dealkylation sites (tertiary alicyclic amines) is 1. The van der Waals surface area contributed by atoms with Gasteiger partial charge in [0.05, 0.1) is 6.10 Å². The van der Waals surface area contributed by atoms with Crippen molar-refractivity contribution < 1.29 is 5.11 Å². The molecule has 0 aliphatic carbocycles. The molecule has 0 spiro atoms. The van der Waals surface area contributed by atoms with Crippen molar-refractivity contribution in [1.82, 2.24) is 4.90 Å². The molecule has 1 aromatic rings. The number of aliphatic hydroxyl groups is 1. The molecule has 2 rings (SSSR count). The first-order valence-corrected chi connectivity index (χ1v) is 6.07. The zero-order valence-electron chi connectivity index (χ0n) is 8.98. The lowest BCUT2D eigenvalue weighted by Gasteiger charge is -2.29. The molecule has 1 fully saturated rings. The molecule has 1 saturated heterocycles. The monoisotopic (exact) mass is 247 g/mol. The second-order valence-corrected chi connectivity index (χ2v) is 5.03. The first-order valence-electron chi connectivity index (χ1n) is 5.19. The molecule has 2 nitrogen and oxygen atoms in total. The van der Waals surface area contributed by atoms with Crippen LogP contribution in [0.4, 0.5) is 0 Å². The third-order valence-electron chi connectivity index (χ3n) is 2.89. The van der Waals surface area contributed by atoms with Crippen LogP contribution < -0.4 is 0 Å². The smallest absolute Gasteiger partial charge is 0.0564 e. The highest BCUT2D eigenvalue weighted by Gasteiger charge is 2.17. The fraction of sp³-hybridized carbons (Fsp3) is 0.636. The highest BCUT2D eigenvalue weighted by Crippen LogP contribution is 2.20. The lowest BCUT2D eigenvalue weighted by atomic mass is 10.1. The van der Waals surface area contributed by atoms with Crippen LogP contribution in [0.1, 0.15) is 23.3 Å². The van der Waals surface area contributed by atoms with Gasteiger partial charge in [-0.25, -0.2) is 0 Å². The molecule has 1 N–H and O–H groups in total. The van der Waals surface area contributed by atoms with Gasteiger partial charge in [0.2, 0.25) is 0 Å². The number of aliphatic hydroxyl groups excluding tert-OH is 1. The average molecular weight is 248 g/mol. The van der Waals surface area contributed by atoms with Crippen LogP contribution in [-0.2, 0) is 6.54 Å². The molecule has 2 heterocycles. The van der Waals surface area contributed by atoms with E-state index in [0.29, 0.717) is 0 Å². The number of halogens is 1. The Morgan fingerprint density at radius 2 is 2.13 bits per heavy atom. The number of thiophene rings is 1. The summed E-state index contributed by atoms with van der Waals surface area (Å²) in [7, 11) is 0. The standard InChI is InChI=1S/C11H17NOS.ClH/c1-9-4-7-14-11(9)8-12-5-2-10(13)3-6-12;/h4,7,10,13H,2-3,5-6,8H2,1H3;1H. The largest absolute Gasteiger partial charge is 0.393 e. The summed E-state index contributed by atoms with van der Waals surface area (Å²) in [6.45, 7) is 5.32. The number of aryl methyl sites for hydroxylation is 1. The van der Waals surface area contributed by atoms with Crippen LogP contribution >= 0.6 is 23.7 Å². The van der Waals surface area contributed by atoms with E-state index < -0.39 is 0 Å². The van der Waals surface area contributed by atoms with Gasteiger partial charge in [-0.05, 0) is 36.8 Å². The highest BCUT2D eigenvalue weighted by molar-refractivity contribution is 7.10. The number of piperidine rings is 1. The summed E-state index contributed by atoms with van der Waals surface area (Å²) in [4.78, 5) is 3.91. The zero-order valence-corrected chi connectivity index (χ0v) is 10.6. The molecular formula is C11H18ClNOS. The van der Waals surface area contributed by atoms with Gasteiger partial charge in [-0.1, -0.05) is 0 Å². The van der Waals surface area contributed by atoms with Crippen LogP contribution in [0.25, 0.3) is 0 Å². The topological polar surface area (TPSA) is 23.5 Å². The van der Waals surface area contributed by atoms with Gasteiger partial charge in [0.1, 0.15) is 0 Å². The molecular weight excluding hydrogens is 230 g/mol. The van der Waals surface area contributed by atoms with E-state index in [0.717, 1.165) is 32.5 Å². The summed E-state index contributed by atoms with van der Waals surface area (Å²) in [6, 6.07) is 2.18.